The molecule has 0 spiro atoms. The topological polar surface area (TPSA) is 114 Å². The molecule has 3 aromatic heterocycles. The van der Waals surface area contributed by atoms with Crippen LogP contribution in [0.4, 0.5) is 11.5 Å². The summed E-state index contributed by atoms with van der Waals surface area (Å²) in [5.74, 6) is 0.0756. The fourth-order valence-electron chi connectivity index (χ4n) is 2.14. The average Bonchev–Trinajstić information content (AvgIpc) is 3.25. The van der Waals surface area contributed by atoms with Crippen molar-refractivity contribution in [3.63, 3.8) is 0 Å². The quantitative estimate of drug-likeness (QED) is 0.367. The van der Waals surface area contributed by atoms with Crippen LogP contribution >= 0.6 is 46.3 Å². The fourth-order valence-corrected chi connectivity index (χ4v) is 4.90. The molecule has 0 aliphatic rings. The summed E-state index contributed by atoms with van der Waals surface area (Å²) in [6, 6.07) is 2.94. The van der Waals surface area contributed by atoms with Gasteiger partial charge in [-0.3, -0.25) is 25.0 Å². The van der Waals surface area contributed by atoms with Gasteiger partial charge < -0.3 is 5.32 Å². The molecule has 1 amide bonds. The summed E-state index contributed by atoms with van der Waals surface area (Å²) in [4.78, 5) is 27.9. The van der Waals surface area contributed by atoms with Crippen LogP contribution in [0.3, 0.4) is 0 Å². The second-order valence-corrected chi connectivity index (χ2v) is 9.04. The Balaban J connectivity index is 1.87. The largest absolute Gasteiger partial charge is 0.304 e. The van der Waals surface area contributed by atoms with Crippen LogP contribution in [0, 0.1) is 10.1 Å². The standard InChI is InChI=1S/C16H13Cl2N5O3S2/c1-7(2)10-3-13(22-21-10)20-15(24)12-4-11(23(25)26)16(27-12)28-14-8(17)5-19-6-9(14)18/h3-7H,1-2H3,(H2,20,21,22,24). The van der Waals surface area contributed by atoms with Gasteiger partial charge in [0.15, 0.2) is 5.82 Å². The van der Waals surface area contributed by atoms with Crippen LogP contribution < -0.4 is 5.32 Å². The minimum Gasteiger partial charge on any atom is -0.304 e. The number of aromatic amines is 1. The van der Waals surface area contributed by atoms with Crippen molar-refractivity contribution >= 4 is 63.7 Å². The molecule has 0 radical (unpaired) electrons. The molecule has 3 rings (SSSR count). The third-order valence-electron chi connectivity index (χ3n) is 3.57. The lowest BCUT2D eigenvalue weighted by molar-refractivity contribution is -0.387. The first-order valence-electron chi connectivity index (χ1n) is 7.88. The van der Waals surface area contributed by atoms with Gasteiger partial charge in [0.05, 0.1) is 19.9 Å². The number of anilines is 1. The number of amides is 1. The molecule has 0 atom stereocenters. The number of hydrogen-bond acceptors (Lipinski definition) is 7. The van der Waals surface area contributed by atoms with E-state index in [4.69, 9.17) is 23.2 Å². The highest BCUT2D eigenvalue weighted by Gasteiger charge is 2.25. The molecule has 146 valence electrons. The molecular formula is C16H13Cl2N5O3S2. The number of carbonyl (C=O) groups is 1. The molecule has 0 saturated carbocycles. The lowest BCUT2D eigenvalue weighted by Gasteiger charge is -2.03. The van der Waals surface area contributed by atoms with Crippen molar-refractivity contribution in [2.24, 2.45) is 0 Å². The number of nitrogens with zero attached hydrogens (tertiary/aromatic N) is 3. The molecular weight excluding hydrogens is 445 g/mol. The second kappa shape index (κ2) is 8.48. The number of rotatable bonds is 6. The number of thiophene rings is 1. The zero-order valence-corrected chi connectivity index (χ0v) is 17.7. The van der Waals surface area contributed by atoms with Crippen molar-refractivity contribution in [1.82, 2.24) is 15.2 Å². The molecule has 3 aromatic rings. The third kappa shape index (κ3) is 4.46. The molecule has 12 heteroatoms. The molecule has 0 unspecified atom stereocenters. The van der Waals surface area contributed by atoms with E-state index >= 15 is 0 Å². The number of pyridine rings is 1. The number of nitro groups is 1. The molecule has 0 bridgehead atoms. The summed E-state index contributed by atoms with van der Waals surface area (Å²) in [5, 5.41) is 21.5. The summed E-state index contributed by atoms with van der Waals surface area (Å²) >= 11 is 14.2. The van der Waals surface area contributed by atoms with Gasteiger partial charge >= 0.3 is 0 Å². The van der Waals surface area contributed by atoms with E-state index in [2.05, 4.69) is 20.5 Å². The average molecular weight is 458 g/mol. The molecule has 0 aliphatic heterocycles. The normalized spacial score (nSPS) is 11.0. The van der Waals surface area contributed by atoms with Crippen molar-refractivity contribution in [3.8, 4) is 0 Å². The van der Waals surface area contributed by atoms with E-state index in [1.807, 2.05) is 13.8 Å². The van der Waals surface area contributed by atoms with Gasteiger partial charge in [-0.15, -0.1) is 11.3 Å². The van der Waals surface area contributed by atoms with Gasteiger partial charge in [-0.1, -0.05) is 48.8 Å². The highest BCUT2D eigenvalue weighted by atomic mass is 35.5. The van der Waals surface area contributed by atoms with Crippen molar-refractivity contribution in [2.75, 3.05) is 5.32 Å². The van der Waals surface area contributed by atoms with Crippen molar-refractivity contribution < 1.29 is 9.72 Å². The van der Waals surface area contributed by atoms with Gasteiger partial charge in [-0.05, 0) is 5.92 Å². The summed E-state index contributed by atoms with van der Waals surface area (Å²) in [6.07, 6.45) is 2.79. The Kier molecular flexibility index (Phi) is 6.23. The molecule has 0 fully saturated rings. The maximum absolute atomic E-state index is 12.5. The Morgan fingerprint density at radius 2 is 2.00 bits per heavy atom. The predicted molar refractivity (Wildman–Crippen MR) is 110 cm³/mol. The molecule has 28 heavy (non-hydrogen) atoms. The maximum Gasteiger partial charge on any atom is 0.294 e. The second-order valence-electron chi connectivity index (χ2n) is 5.89. The molecule has 2 N–H and O–H groups in total. The van der Waals surface area contributed by atoms with E-state index in [1.54, 1.807) is 6.07 Å². The Morgan fingerprint density at radius 1 is 1.32 bits per heavy atom. The minimum atomic E-state index is -0.552. The van der Waals surface area contributed by atoms with E-state index < -0.39 is 10.8 Å². The van der Waals surface area contributed by atoms with Gasteiger partial charge in [0.2, 0.25) is 0 Å². The molecule has 8 nitrogen and oxygen atoms in total. The zero-order chi connectivity index (χ0) is 20.4. The number of halogens is 2. The molecule has 0 aromatic carbocycles. The van der Waals surface area contributed by atoms with Crippen LogP contribution in [-0.2, 0) is 0 Å². The van der Waals surface area contributed by atoms with Crippen LogP contribution in [-0.4, -0.2) is 26.0 Å². The van der Waals surface area contributed by atoms with Gasteiger partial charge in [0, 0.05) is 30.2 Å². The Morgan fingerprint density at radius 3 is 2.57 bits per heavy atom. The highest BCUT2D eigenvalue weighted by molar-refractivity contribution is 8.01. The predicted octanol–water partition coefficient (Wildman–Crippen LogP) is 5.61. The van der Waals surface area contributed by atoms with Crippen LogP contribution in [0.2, 0.25) is 10.0 Å². The lowest BCUT2D eigenvalue weighted by Crippen LogP contribution is -2.10. The van der Waals surface area contributed by atoms with E-state index in [9.17, 15) is 14.9 Å². The van der Waals surface area contributed by atoms with Crippen LogP contribution in [0.1, 0.15) is 35.1 Å². The monoisotopic (exact) mass is 457 g/mol. The van der Waals surface area contributed by atoms with Gasteiger partial charge in [-0.25, -0.2) is 0 Å². The SMILES string of the molecule is CC(C)c1cc(NC(=O)c2cc([N+](=O)[O-])c(Sc3c(Cl)cncc3Cl)s2)n[nH]1. The molecule has 0 saturated heterocycles. The first kappa shape index (κ1) is 20.6. The van der Waals surface area contributed by atoms with Crippen molar-refractivity contribution in [3.05, 3.63) is 55.3 Å². The summed E-state index contributed by atoms with van der Waals surface area (Å²) in [6.45, 7) is 3.97. The number of H-pyrrole nitrogens is 1. The van der Waals surface area contributed by atoms with Crippen molar-refractivity contribution in [2.45, 2.75) is 28.9 Å². The minimum absolute atomic E-state index is 0.171. The summed E-state index contributed by atoms with van der Waals surface area (Å²) < 4.78 is 0.287. The first-order chi connectivity index (χ1) is 13.3. The lowest BCUT2D eigenvalue weighted by atomic mass is 10.1. The fraction of sp³-hybridized carbons (Fsp3) is 0.188. The summed E-state index contributed by atoms with van der Waals surface area (Å²) in [5.41, 5.74) is 0.666. The number of nitrogens with one attached hydrogen (secondary N) is 2. The number of aromatic nitrogens is 3. The number of carbonyl (C=O) groups excluding carboxylic acids is 1. The van der Waals surface area contributed by atoms with E-state index in [0.29, 0.717) is 10.7 Å². The van der Waals surface area contributed by atoms with Gasteiger partial charge in [0.1, 0.15) is 9.09 Å². The first-order valence-corrected chi connectivity index (χ1v) is 10.3. The van der Waals surface area contributed by atoms with Gasteiger partial charge in [-0.2, -0.15) is 5.10 Å². The van der Waals surface area contributed by atoms with Crippen LogP contribution in [0.15, 0.2) is 33.6 Å². The Labute approximate surface area is 177 Å². The van der Waals surface area contributed by atoms with Crippen molar-refractivity contribution in [1.29, 1.82) is 0 Å². The zero-order valence-electron chi connectivity index (χ0n) is 14.5. The van der Waals surface area contributed by atoms with Gasteiger partial charge in [0.25, 0.3) is 11.6 Å². The Hall–Kier alpha value is -2.14. The molecule has 0 aliphatic carbocycles. The van der Waals surface area contributed by atoms with E-state index in [0.717, 1.165) is 28.8 Å². The maximum atomic E-state index is 12.5. The van der Waals surface area contributed by atoms with E-state index in [-0.39, 0.29) is 30.7 Å². The number of hydrogen-bond donors (Lipinski definition) is 2. The van der Waals surface area contributed by atoms with E-state index in [1.165, 1.54) is 18.5 Å². The third-order valence-corrected chi connectivity index (χ3v) is 6.82. The highest BCUT2D eigenvalue weighted by Crippen LogP contribution is 2.45. The Bertz CT molecular complexity index is 1030. The summed E-state index contributed by atoms with van der Waals surface area (Å²) in [7, 11) is 0. The molecule has 3 heterocycles. The smallest absolute Gasteiger partial charge is 0.294 e. The van der Waals surface area contributed by atoms with Crippen LogP contribution in [0.25, 0.3) is 0 Å². The van der Waals surface area contributed by atoms with Crippen LogP contribution in [0.5, 0.6) is 0 Å².